The van der Waals surface area contributed by atoms with Gasteiger partial charge in [-0.25, -0.2) is 9.59 Å². The number of nitrogens with zero attached hydrogens (tertiary/aromatic N) is 2. The van der Waals surface area contributed by atoms with E-state index < -0.39 is 18.0 Å². The quantitative estimate of drug-likeness (QED) is 0.366. The molecule has 3 aromatic rings. The number of carboxylic acids is 2. The molecule has 33 heavy (non-hydrogen) atoms. The lowest BCUT2D eigenvalue weighted by atomic mass is 10.2. The van der Waals surface area contributed by atoms with Crippen LogP contribution in [-0.4, -0.2) is 82.6 Å². The largest absolute Gasteiger partial charge is 0.490 e. The van der Waals surface area contributed by atoms with Gasteiger partial charge in [0.2, 0.25) is 0 Å². The fourth-order valence-corrected chi connectivity index (χ4v) is 3.97. The van der Waals surface area contributed by atoms with E-state index in [4.69, 9.17) is 24.5 Å². The Morgan fingerprint density at radius 1 is 1.03 bits per heavy atom. The lowest BCUT2D eigenvalue weighted by Crippen LogP contribution is -2.49. The maximum atomic E-state index is 10.4. The summed E-state index contributed by atoms with van der Waals surface area (Å²) in [6, 6.07) is 16.3. The Kier molecular flexibility index (Phi) is 8.70. The number of fused-ring (bicyclic) bond motifs is 1. The van der Waals surface area contributed by atoms with Crippen LogP contribution in [-0.2, 0) is 9.59 Å². The number of piperazine rings is 1. The molecule has 0 saturated carbocycles. The predicted molar refractivity (Wildman–Crippen MR) is 128 cm³/mol. The van der Waals surface area contributed by atoms with E-state index in [-0.39, 0.29) is 0 Å². The first-order chi connectivity index (χ1) is 15.8. The van der Waals surface area contributed by atoms with Gasteiger partial charge >= 0.3 is 11.9 Å². The van der Waals surface area contributed by atoms with Gasteiger partial charge in [-0.2, -0.15) is 0 Å². The molecule has 2 heterocycles. The van der Waals surface area contributed by atoms with E-state index in [1.165, 1.54) is 5.69 Å². The number of anilines is 1. The number of H-pyrrole nitrogens is 1. The topological polar surface area (TPSA) is 126 Å². The number of β-amino-alcohol motifs (C(OH)–C–C–N with tert-alkyl or cyclic N) is 1. The zero-order chi connectivity index (χ0) is 23.8. The maximum Gasteiger partial charge on any atom is 0.414 e. The van der Waals surface area contributed by atoms with Gasteiger partial charge in [0, 0.05) is 60.0 Å². The Labute approximate surface area is 199 Å². The van der Waals surface area contributed by atoms with Crippen LogP contribution in [0.3, 0.4) is 0 Å². The fraction of sp³-hybridized carbons (Fsp3) is 0.304. The van der Waals surface area contributed by atoms with Gasteiger partial charge in [-0.15, -0.1) is 0 Å². The third-order valence-corrected chi connectivity index (χ3v) is 5.68. The summed E-state index contributed by atoms with van der Waals surface area (Å²) < 4.78 is 6.98. The summed E-state index contributed by atoms with van der Waals surface area (Å²) >= 11 is 3.54. The first kappa shape index (κ1) is 24.6. The van der Waals surface area contributed by atoms with Crippen molar-refractivity contribution in [1.82, 2.24) is 9.88 Å². The van der Waals surface area contributed by atoms with Crippen molar-refractivity contribution in [2.45, 2.75) is 6.10 Å². The molecule has 0 bridgehead atoms. The predicted octanol–water partition coefficient (Wildman–Crippen LogP) is 2.65. The van der Waals surface area contributed by atoms with Crippen molar-refractivity contribution in [3.8, 4) is 5.75 Å². The molecule has 1 fully saturated rings. The van der Waals surface area contributed by atoms with Gasteiger partial charge < -0.3 is 29.9 Å². The Hall–Kier alpha value is -3.08. The SMILES string of the molecule is O=C(O)C(=O)O.O[C@H](COc1cccc2[nH]ccc12)CN1CCN(c2cccc(Br)c2)CC1. The number of aliphatic hydroxyl groups is 1. The lowest BCUT2D eigenvalue weighted by Gasteiger charge is -2.37. The van der Waals surface area contributed by atoms with Crippen LogP contribution in [0.5, 0.6) is 5.75 Å². The minimum Gasteiger partial charge on any atom is -0.490 e. The second-order valence-corrected chi connectivity index (χ2v) is 8.45. The van der Waals surface area contributed by atoms with Crippen LogP contribution in [0.4, 0.5) is 5.69 Å². The van der Waals surface area contributed by atoms with Crippen molar-refractivity contribution in [3.63, 3.8) is 0 Å². The molecule has 4 rings (SSSR count). The molecule has 176 valence electrons. The smallest absolute Gasteiger partial charge is 0.414 e. The molecule has 1 aliphatic heterocycles. The molecule has 10 heteroatoms. The number of aliphatic carboxylic acids is 2. The van der Waals surface area contributed by atoms with Gasteiger partial charge in [0.1, 0.15) is 18.5 Å². The molecule has 0 amide bonds. The number of aliphatic hydroxyl groups excluding tert-OH is 1. The summed E-state index contributed by atoms with van der Waals surface area (Å²) in [5.41, 5.74) is 2.29. The van der Waals surface area contributed by atoms with Gasteiger partial charge in [0.25, 0.3) is 0 Å². The molecule has 0 aliphatic carbocycles. The molecule has 1 aliphatic rings. The Balaban J connectivity index is 0.000000454. The maximum absolute atomic E-state index is 10.4. The van der Waals surface area contributed by atoms with Crippen LogP contribution < -0.4 is 9.64 Å². The van der Waals surface area contributed by atoms with Crippen molar-refractivity contribution in [2.75, 3.05) is 44.2 Å². The van der Waals surface area contributed by atoms with E-state index >= 15 is 0 Å². The minimum absolute atomic E-state index is 0.302. The van der Waals surface area contributed by atoms with Gasteiger partial charge in [-0.05, 0) is 36.4 Å². The summed E-state index contributed by atoms with van der Waals surface area (Å²) in [5, 5.41) is 26.2. The number of aromatic amines is 1. The first-order valence-electron chi connectivity index (χ1n) is 10.4. The number of carboxylic acid groups (broad SMARTS) is 2. The normalized spacial score (nSPS) is 14.9. The standard InChI is InChI=1S/C21H24BrN3O2.C2H2O4/c22-16-3-1-4-17(13-16)25-11-9-24(10-12-25)14-18(26)15-27-21-6-2-5-20-19(21)7-8-23-20;3-1(4)2(5)6/h1-8,13,18,23,26H,9-12,14-15H2;(H,3,4)(H,5,6)/t18-;/m0./s1. The molecule has 1 aromatic heterocycles. The van der Waals surface area contributed by atoms with Gasteiger partial charge in [0.15, 0.2) is 0 Å². The van der Waals surface area contributed by atoms with Crippen LogP contribution in [0.2, 0.25) is 0 Å². The number of rotatable bonds is 6. The number of benzene rings is 2. The van der Waals surface area contributed by atoms with E-state index in [0.717, 1.165) is 47.3 Å². The fourth-order valence-electron chi connectivity index (χ4n) is 3.58. The summed E-state index contributed by atoms with van der Waals surface area (Å²) in [5.74, 6) is -2.84. The van der Waals surface area contributed by atoms with E-state index in [1.54, 1.807) is 0 Å². The minimum atomic E-state index is -1.82. The average molecular weight is 520 g/mol. The molecular formula is C23H26BrN3O6. The summed E-state index contributed by atoms with van der Waals surface area (Å²) in [7, 11) is 0. The monoisotopic (exact) mass is 519 g/mol. The highest BCUT2D eigenvalue weighted by Gasteiger charge is 2.20. The van der Waals surface area contributed by atoms with Crippen molar-refractivity contribution in [2.24, 2.45) is 0 Å². The van der Waals surface area contributed by atoms with Crippen molar-refractivity contribution < 1.29 is 29.6 Å². The number of halogens is 1. The van der Waals surface area contributed by atoms with E-state index in [2.05, 4.69) is 48.9 Å². The van der Waals surface area contributed by atoms with Crippen molar-refractivity contribution in [1.29, 1.82) is 0 Å². The van der Waals surface area contributed by atoms with Crippen molar-refractivity contribution in [3.05, 3.63) is 59.2 Å². The molecular weight excluding hydrogens is 494 g/mol. The molecule has 0 unspecified atom stereocenters. The number of ether oxygens (including phenoxy) is 1. The van der Waals surface area contributed by atoms with Gasteiger partial charge in [-0.1, -0.05) is 28.1 Å². The Bertz CT molecular complexity index is 1070. The highest BCUT2D eigenvalue weighted by atomic mass is 79.9. The third-order valence-electron chi connectivity index (χ3n) is 5.18. The second-order valence-electron chi connectivity index (χ2n) is 7.54. The zero-order valence-corrected chi connectivity index (χ0v) is 19.4. The second kappa shape index (κ2) is 11.7. The molecule has 0 spiro atoms. The summed E-state index contributed by atoms with van der Waals surface area (Å²) in [6.45, 7) is 4.75. The van der Waals surface area contributed by atoms with Crippen LogP contribution in [0.25, 0.3) is 10.9 Å². The first-order valence-corrected chi connectivity index (χ1v) is 11.2. The Morgan fingerprint density at radius 2 is 1.73 bits per heavy atom. The van der Waals surface area contributed by atoms with Crippen LogP contribution in [0.1, 0.15) is 0 Å². The molecule has 0 radical (unpaired) electrons. The molecule has 4 N–H and O–H groups in total. The van der Waals surface area contributed by atoms with Crippen molar-refractivity contribution >= 4 is 44.5 Å². The van der Waals surface area contributed by atoms with Crippen LogP contribution in [0, 0.1) is 0 Å². The number of hydrogen-bond acceptors (Lipinski definition) is 6. The number of carbonyl (C=O) groups is 2. The van der Waals surface area contributed by atoms with E-state index in [0.29, 0.717) is 13.2 Å². The lowest BCUT2D eigenvalue weighted by molar-refractivity contribution is -0.159. The zero-order valence-electron chi connectivity index (χ0n) is 17.9. The van der Waals surface area contributed by atoms with Crippen LogP contribution >= 0.6 is 15.9 Å². The number of hydrogen-bond donors (Lipinski definition) is 4. The average Bonchev–Trinajstić information content (AvgIpc) is 3.28. The van der Waals surface area contributed by atoms with E-state index in [9.17, 15) is 5.11 Å². The molecule has 1 saturated heterocycles. The molecule has 1 atom stereocenters. The highest BCUT2D eigenvalue weighted by molar-refractivity contribution is 9.10. The summed E-state index contributed by atoms with van der Waals surface area (Å²) in [4.78, 5) is 26.1. The number of aromatic nitrogens is 1. The molecule has 2 aromatic carbocycles. The third kappa shape index (κ3) is 7.21. The molecule has 9 nitrogen and oxygen atoms in total. The van der Waals surface area contributed by atoms with Crippen LogP contribution in [0.15, 0.2) is 59.2 Å². The van der Waals surface area contributed by atoms with Gasteiger partial charge in [0.05, 0.1) is 0 Å². The highest BCUT2D eigenvalue weighted by Crippen LogP contribution is 2.25. The Morgan fingerprint density at radius 3 is 2.39 bits per heavy atom. The number of nitrogens with one attached hydrogen (secondary N) is 1. The summed E-state index contributed by atoms with van der Waals surface area (Å²) in [6.07, 6.45) is 1.40. The van der Waals surface area contributed by atoms with Gasteiger partial charge in [-0.3, -0.25) is 4.90 Å². The van der Waals surface area contributed by atoms with E-state index in [1.807, 2.05) is 36.5 Å².